The molecule has 140 valence electrons. The summed E-state index contributed by atoms with van der Waals surface area (Å²) in [6.45, 7) is 4.79. The third kappa shape index (κ3) is 4.19. The van der Waals surface area contributed by atoms with E-state index in [9.17, 15) is 4.79 Å². The fourth-order valence-corrected chi connectivity index (χ4v) is 3.28. The second-order valence-electron chi connectivity index (χ2n) is 7.16. The van der Waals surface area contributed by atoms with E-state index in [-0.39, 0.29) is 5.56 Å². The van der Waals surface area contributed by atoms with Crippen LogP contribution in [-0.4, -0.2) is 21.6 Å². The molecule has 27 heavy (non-hydrogen) atoms. The summed E-state index contributed by atoms with van der Waals surface area (Å²) < 4.78 is 1.69. The number of benzene rings is 2. The molecule has 3 rings (SSSR count). The summed E-state index contributed by atoms with van der Waals surface area (Å²) in [5.74, 6) is 0.498. The molecule has 0 spiro atoms. The number of aryl methyl sites for hydroxylation is 1. The predicted molar refractivity (Wildman–Crippen MR) is 117 cm³/mol. The number of nitrogens with one attached hydrogen (secondary N) is 1. The third-order valence-corrected chi connectivity index (χ3v) is 5.20. The highest BCUT2D eigenvalue weighted by Crippen LogP contribution is 2.18. The maximum Gasteiger partial charge on any atom is 0.255 e. The number of pyridine rings is 1. The minimum atomic E-state index is 0.00429. The average Bonchev–Trinajstić information content (AvgIpc) is 2.66. The molecule has 1 aromatic heterocycles. The van der Waals surface area contributed by atoms with Crippen molar-refractivity contribution in [1.29, 1.82) is 0 Å². The molecule has 4 nitrogen and oxygen atoms in total. The molecule has 0 unspecified atom stereocenters. The number of rotatable bonds is 4. The molecular formula is C22H25N3OS. The number of nitrogens with zero attached hydrogens (tertiary/aromatic N) is 2. The fraction of sp³-hybridized carbons (Fsp3) is 0.273. The minimum Gasteiger partial charge on any atom is -0.348 e. The van der Waals surface area contributed by atoms with Gasteiger partial charge in [-0.3, -0.25) is 4.79 Å². The van der Waals surface area contributed by atoms with Gasteiger partial charge in [-0.25, -0.2) is 0 Å². The Morgan fingerprint density at radius 2 is 1.81 bits per heavy atom. The molecule has 0 saturated carbocycles. The topological polar surface area (TPSA) is 37.3 Å². The number of anilines is 1. The zero-order valence-electron chi connectivity index (χ0n) is 16.2. The van der Waals surface area contributed by atoms with Gasteiger partial charge in [0.25, 0.3) is 5.56 Å². The molecule has 0 aliphatic heterocycles. The molecule has 0 atom stereocenters. The molecule has 0 aliphatic carbocycles. The van der Waals surface area contributed by atoms with Crippen LogP contribution in [0.1, 0.15) is 30.9 Å². The van der Waals surface area contributed by atoms with Crippen molar-refractivity contribution >= 4 is 33.9 Å². The van der Waals surface area contributed by atoms with Gasteiger partial charge < -0.3 is 14.8 Å². The van der Waals surface area contributed by atoms with E-state index in [1.807, 2.05) is 54.4 Å². The van der Waals surface area contributed by atoms with Crippen molar-refractivity contribution < 1.29 is 0 Å². The Kier molecular flexibility index (Phi) is 5.61. The first kappa shape index (κ1) is 19.1. The molecule has 0 saturated heterocycles. The van der Waals surface area contributed by atoms with Gasteiger partial charge in [0.2, 0.25) is 0 Å². The van der Waals surface area contributed by atoms with E-state index in [0.717, 1.165) is 22.2 Å². The molecule has 5 heteroatoms. The summed E-state index contributed by atoms with van der Waals surface area (Å²) in [4.78, 5) is 14.6. The Hall–Kier alpha value is -2.66. The van der Waals surface area contributed by atoms with E-state index in [2.05, 4.69) is 31.3 Å². The van der Waals surface area contributed by atoms with Crippen LogP contribution in [0.4, 0.5) is 5.69 Å². The second-order valence-corrected chi connectivity index (χ2v) is 7.54. The minimum absolute atomic E-state index is 0.00429. The first-order valence-electron chi connectivity index (χ1n) is 9.06. The van der Waals surface area contributed by atoms with Crippen LogP contribution in [-0.2, 0) is 13.6 Å². The highest BCUT2D eigenvalue weighted by molar-refractivity contribution is 7.80. The summed E-state index contributed by atoms with van der Waals surface area (Å²) in [5, 5.41) is 4.88. The summed E-state index contributed by atoms with van der Waals surface area (Å²) in [6.07, 6.45) is 0. The first-order chi connectivity index (χ1) is 12.9. The van der Waals surface area contributed by atoms with Gasteiger partial charge in [-0.05, 0) is 53.4 Å². The van der Waals surface area contributed by atoms with Gasteiger partial charge >= 0.3 is 0 Å². The molecule has 1 heterocycles. The predicted octanol–water partition coefficient (Wildman–Crippen LogP) is 4.49. The Morgan fingerprint density at radius 3 is 2.48 bits per heavy atom. The molecule has 0 amide bonds. The number of fused-ring (bicyclic) bond motifs is 1. The van der Waals surface area contributed by atoms with Crippen molar-refractivity contribution in [2.45, 2.75) is 26.3 Å². The van der Waals surface area contributed by atoms with Crippen LogP contribution < -0.4 is 10.9 Å². The fourth-order valence-electron chi connectivity index (χ4n) is 3.10. The lowest BCUT2D eigenvalue weighted by molar-refractivity contribution is 0.504. The van der Waals surface area contributed by atoms with Crippen molar-refractivity contribution in [3.8, 4) is 0 Å². The number of thiocarbonyl (C=S) groups is 1. The van der Waals surface area contributed by atoms with Gasteiger partial charge in [0.15, 0.2) is 5.11 Å². The van der Waals surface area contributed by atoms with E-state index in [4.69, 9.17) is 12.2 Å². The van der Waals surface area contributed by atoms with E-state index < -0.39 is 0 Å². The number of aromatic nitrogens is 1. The van der Waals surface area contributed by atoms with E-state index in [0.29, 0.717) is 17.6 Å². The van der Waals surface area contributed by atoms with Gasteiger partial charge in [0, 0.05) is 25.3 Å². The molecule has 0 radical (unpaired) electrons. The Morgan fingerprint density at radius 1 is 1.15 bits per heavy atom. The Bertz CT molecular complexity index is 1020. The van der Waals surface area contributed by atoms with Crippen LogP contribution in [0.3, 0.4) is 0 Å². The number of hydrogen-bond acceptors (Lipinski definition) is 2. The van der Waals surface area contributed by atoms with Crippen LogP contribution >= 0.6 is 12.2 Å². The zero-order valence-corrected chi connectivity index (χ0v) is 17.0. The molecule has 0 fully saturated rings. The molecule has 2 aromatic carbocycles. The maximum atomic E-state index is 12.7. The van der Waals surface area contributed by atoms with Crippen molar-refractivity contribution in [1.82, 2.24) is 9.47 Å². The first-order valence-corrected chi connectivity index (χ1v) is 9.47. The highest BCUT2D eigenvalue weighted by Gasteiger charge is 2.11. The van der Waals surface area contributed by atoms with E-state index in [1.165, 1.54) is 5.56 Å². The van der Waals surface area contributed by atoms with Crippen molar-refractivity contribution in [2.75, 3.05) is 12.4 Å². The number of hydrogen-bond donors (Lipinski definition) is 1. The van der Waals surface area contributed by atoms with Crippen molar-refractivity contribution in [3.05, 3.63) is 76.1 Å². The maximum absolute atomic E-state index is 12.7. The van der Waals surface area contributed by atoms with Crippen LogP contribution in [0.5, 0.6) is 0 Å². The smallest absolute Gasteiger partial charge is 0.255 e. The Labute approximate surface area is 165 Å². The normalized spacial score (nSPS) is 11.0. The van der Waals surface area contributed by atoms with E-state index in [1.54, 1.807) is 11.6 Å². The molecule has 0 aliphatic rings. The average molecular weight is 380 g/mol. The lowest BCUT2D eigenvalue weighted by Crippen LogP contribution is -2.33. The van der Waals surface area contributed by atoms with Crippen LogP contribution in [0.2, 0.25) is 0 Å². The van der Waals surface area contributed by atoms with E-state index >= 15 is 0 Å². The lowest BCUT2D eigenvalue weighted by Gasteiger charge is -2.21. The second kappa shape index (κ2) is 7.92. The van der Waals surface area contributed by atoms with Crippen LogP contribution in [0.25, 0.3) is 10.9 Å². The monoisotopic (exact) mass is 379 g/mol. The quantitative estimate of drug-likeness (QED) is 0.678. The van der Waals surface area contributed by atoms with Gasteiger partial charge in [0.05, 0.1) is 12.1 Å². The molecular weight excluding hydrogens is 354 g/mol. The SMILES string of the molecule is CC(C)c1ccc(NC(=S)N(C)Cc2cc3ccccc3n(C)c2=O)cc1. The highest BCUT2D eigenvalue weighted by atomic mass is 32.1. The zero-order chi connectivity index (χ0) is 19.6. The van der Waals surface area contributed by atoms with Gasteiger partial charge in [-0.15, -0.1) is 0 Å². The molecule has 3 aromatic rings. The van der Waals surface area contributed by atoms with Crippen LogP contribution in [0.15, 0.2) is 59.4 Å². The standard InChI is InChI=1S/C22H25N3OS/c1-15(2)16-9-11-19(12-10-16)23-22(27)24(3)14-18-13-17-7-5-6-8-20(17)25(4)21(18)26/h5-13,15H,14H2,1-4H3,(H,23,27). The molecule has 0 bridgehead atoms. The lowest BCUT2D eigenvalue weighted by atomic mass is 10.0. The third-order valence-electron chi connectivity index (χ3n) is 4.79. The van der Waals surface area contributed by atoms with Gasteiger partial charge in [-0.2, -0.15) is 0 Å². The summed E-state index contributed by atoms with van der Waals surface area (Å²) in [7, 11) is 3.70. The van der Waals surface area contributed by atoms with Crippen molar-refractivity contribution in [3.63, 3.8) is 0 Å². The summed E-state index contributed by atoms with van der Waals surface area (Å²) >= 11 is 5.52. The Balaban J connectivity index is 1.75. The van der Waals surface area contributed by atoms with Crippen molar-refractivity contribution in [2.24, 2.45) is 7.05 Å². The largest absolute Gasteiger partial charge is 0.348 e. The summed E-state index contributed by atoms with van der Waals surface area (Å²) in [5.41, 5.74) is 3.89. The van der Waals surface area contributed by atoms with Crippen LogP contribution in [0, 0.1) is 0 Å². The van der Waals surface area contributed by atoms with Gasteiger partial charge in [-0.1, -0.05) is 44.2 Å². The molecule has 1 N–H and O–H groups in total. The summed E-state index contributed by atoms with van der Waals surface area (Å²) in [6, 6.07) is 18.1. The number of para-hydroxylation sites is 1. The van der Waals surface area contributed by atoms with Gasteiger partial charge in [0.1, 0.15) is 0 Å².